The highest BCUT2D eigenvalue weighted by atomic mass is 32.2. The van der Waals surface area contributed by atoms with E-state index in [1.165, 1.54) is 36.3 Å². The van der Waals surface area contributed by atoms with Crippen LogP contribution >= 0.6 is 11.8 Å². The van der Waals surface area contributed by atoms with Gasteiger partial charge in [0.2, 0.25) is 0 Å². The van der Waals surface area contributed by atoms with E-state index in [1.54, 1.807) is 6.33 Å². The first-order valence-electron chi connectivity index (χ1n) is 10.2. The van der Waals surface area contributed by atoms with Crippen LogP contribution < -0.4 is 4.90 Å². The minimum Gasteiger partial charge on any atom is -0.357 e. The molecule has 1 aliphatic heterocycles. The van der Waals surface area contributed by atoms with E-state index >= 15 is 0 Å². The van der Waals surface area contributed by atoms with Gasteiger partial charge in [0.05, 0.1) is 16.6 Å². The van der Waals surface area contributed by atoms with Crippen molar-refractivity contribution < 1.29 is 0 Å². The fourth-order valence-electron chi connectivity index (χ4n) is 4.43. The predicted octanol–water partition coefficient (Wildman–Crippen LogP) is 4.33. The van der Waals surface area contributed by atoms with Crippen molar-refractivity contribution in [2.45, 2.75) is 37.6 Å². The SMILES string of the molecule is C=C=C(/C(=C/C1CC1)SC)N1CCCN(c2ncnc3[nH]ccc23)CC12CC2. The van der Waals surface area contributed by atoms with Crippen LogP contribution in [0.3, 0.4) is 0 Å². The molecule has 146 valence electrons. The molecule has 3 heterocycles. The first-order valence-corrected chi connectivity index (χ1v) is 11.4. The summed E-state index contributed by atoms with van der Waals surface area (Å²) in [6, 6.07) is 2.09. The van der Waals surface area contributed by atoms with Gasteiger partial charge in [-0.05, 0) is 50.3 Å². The molecule has 0 amide bonds. The predicted molar refractivity (Wildman–Crippen MR) is 116 cm³/mol. The van der Waals surface area contributed by atoms with Gasteiger partial charge in [-0.25, -0.2) is 9.97 Å². The molecule has 5 rings (SSSR count). The molecule has 2 aliphatic carbocycles. The molecular weight excluding hydrogens is 366 g/mol. The molecule has 1 spiro atoms. The summed E-state index contributed by atoms with van der Waals surface area (Å²) in [5, 5.41) is 1.12. The standard InChI is InChI=1S/C22H27N5S/c1-3-18(19(28-2)13-16-5-6-16)27-12-4-11-26(14-22(27)8-9-22)21-17-7-10-23-20(17)24-15-25-21/h7,10,13,15-16H,1,4-6,8-9,11-12,14H2,2H3,(H,23,24,25)/b19-13-. The van der Waals surface area contributed by atoms with Crippen LogP contribution in [0.1, 0.15) is 32.1 Å². The number of H-pyrrole nitrogens is 1. The molecule has 1 saturated heterocycles. The number of nitrogens with zero attached hydrogens (tertiary/aromatic N) is 4. The number of aromatic amines is 1. The van der Waals surface area contributed by atoms with Gasteiger partial charge in [0.1, 0.15) is 17.8 Å². The summed E-state index contributed by atoms with van der Waals surface area (Å²) in [5.41, 5.74) is 5.63. The van der Waals surface area contributed by atoms with Crippen molar-refractivity contribution in [2.75, 3.05) is 30.8 Å². The van der Waals surface area contributed by atoms with Crippen LogP contribution in [0.4, 0.5) is 5.82 Å². The molecule has 0 atom stereocenters. The summed E-state index contributed by atoms with van der Waals surface area (Å²) in [5.74, 6) is 1.81. The highest BCUT2D eigenvalue weighted by Gasteiger charge is 2.51. The maximum Gasteiger partial charge on any atom is 0.142 e. The lowest BCUT2D eigenvalue weighted by atomic mass is 10.1. The zero-order valence-electron chi connectivity index (χ0n) is 16.4. The van der Waals surface area contributed by atoms with Crippen LogP contribution in [0.5, 0.6) is 0 Å². The van der Waals surface area contributed by atoms with Crippen molar-refractivity contribution in [3.63, 3.8) is 0 Å². The van der Waals surface area contributed by atoms with Gasteiger partial charge in [0.15, 0.2) is 0 Å². The second-order valence-corrected chi connectivity index (χ2v) is 9.03. The Morgan fingerprint density at radius 2 is 2.21 bits per heavy atom. The Bertz CT molecular complexity index is 962. The van der Waals surface area contributed by atoms with Gasteiger partial charge in [-0.2, -0.15) is 0 Å². The average molecular weight is 394 g/mol. The maximum absolute atomic E-state index is 4.65. The quantitative estimate of drug-likeness (QED) is 0.605. The van der Waals surface area contributed by atoms with E-state index in [0.29, 0.717) is 0 Å². The molecule has 0 bridgehead atoms. The van der Waals surface area contributed by atoms with Crippen molar-refractivity contribution >= 4 is 28.6 Å². The number of aromatic nitrogens is 3. The Kier molecular flexibility index (Phi) is 4.48. The highest BCUT2D eigenvalue weighted by molar-refractivity contribution is 8.02. The van der Waals surface area contributed by atoms with Gasteiger partial charge in [-0.15, -0.1) is 17.5 Å². The minimum absolute atomic E-state index is 0.183. The Balaban J connectivity index is 1.46. The minimum atomic E-state index is 0.183. The summed E-state index contributed by atoms with van der Waals surface area (Å²) in [7, 11) is 0. The normalized spacial score (nSPS) is 21.7. The summed E-state index contributed by atoms with van der Waals surface area (Å²) in [4.78, 5) is 18.7. The topological polar surface area (TPSA) is 48.1 Å². The van der Waals surface area contributed by atoms with Crippen LogP contribution in [0.2, 0.25) is 0 Å². The van der Waals surface area contributed by atoms with Crippen molar-refractivity contribution in [2.24, 2.45) is 5.92 Å². The zero-order chi connectivity index (χ0) is 19.1. The first-order chi connectivity index (χ1) is 13.7. The second kappa shape index (κ2) is 7.02. The lowest BCUT2D eigenvalue weighted by Crippen LogP contribution is -2.43. The van der Waals surface area contributed by atoms with E-state index in [9.17, 15) is 0 Å². The van der Waals surface area contributed by atoms with Crippen LogP contribution in [0, 0.1) is 5.92 Å². The molecule has 2 saturated carbocycles. The summed E-state index contributed by atoms with van der Waals surface area (Å²) in [6.07, 6.45) is 14.5. The van der Waals surface area contributed by atoms with Gasteiger partial charge in [-0.1, -0.05) is 12.7 Å². The third-order valence-corrected chi connectivity index (χ3v) is 7.00. The van der Waals surface area contributed by atoms with Gasteiger partial charge >= 0.3 is 0 Å². The third kappa shape index (κ3) is 3.15. The third-order valence-electron chi connectivity index (χ3n) is 6.23. The lowest BCUT2D eigenvalue weighted by Gasteiger charge is -2.35. The Labute approximate surface area is 170 Å². The number of allylic oxidation sites excluding steroid dienone is 1. The smallest absolute Gasteiger partial charge is 0.142 e. The van der Waals surface area contributed by atoms with Crippen LogP contribution in [-0.4, -0.2) is 51.3 Å². The van der Waals surface area contributed by atoms with E-state index in [0.717, 1.165) is 48.8 Å². The number of anilines is 1. The maximum atomic E-state index is 4.65. The van der Waals surface area contributed by atoms with E-state index in [2.05, 4.69) is 55.5 Å². The molecule has 0 unspecified atom stereocenters. The van der Waals surface area contributed by atoms with Crippen molar-refractivity contribution in [1.29, 1.82) is 0 Å². The molecule has 28 heavy (non-hydrogen) atoms. The number of rotatable bonds is 5. The van der Waals surface area contributed by atoms with Crippen LogP contribution in [0.25, 0.3) is 11.0 Å². The lowest BCUT2D eigenvalue weighted by molar-refractivity contribution is 0.258. The molecule has 0 radical (unpaired) electrons. The molecule has 0 aromatic carbocycles. The van der Waals surface area contributed by atoms with Crippen LogP contribution in [0.15, 0.2) is 47.6 Å². The monoisotopic (exact) mass is 393 g/mol. The largest absolute Gasteiger partial charge is 0.357 e. The first kappa shape index (κ1) is 17.9. The summed E-state index contributed by atoms with van der Waals surface area (Å²) < 4.78 is 0. The number of nitrogens with one attached hydrogen (secondary N) is 1. The van der Waals surface area contributed by atoms with E-state index in [1.807, 2.05) is 18.0 Å². The average Bonchev–Trinajstić information content (AvgIpc) is 3.64. The Morgan fingerprint density at radius 3 is 2.93 bits per heavy atom. The molecule has 3 aliphatic rings. The van der Waals surface area contributed by atoms with E-state index in [4.69, 9.17) is 0 Å². The molecule has 2 aromatic heterocycles. The Morgan fingerprint density at radius 1 is 1.36 bits per heavy atom. The molecular formula is C22H27N5S. The molecule has 6 heteroatoms. The highest BCUT2D eigenvalue weighted by Crippen LogP contribution is 2.48. The zero-order valence-corrected chi connectivity index (χ0v) is 17.3. The van der Waals surface area contributed by atoms with Gasteiger partial charge in [-0.3, -0.25) is 0 Å². The van der Waals surface area contributed by atoms with Gasteiger partial charge < -0.3 is 14.8 Å². The number of fused-ring (bicyclic) bond motifs is 1. The van der Waals surface area contributed by atoms with Crippen molar-refractivity contribution in [3.05, 3.63) is 47.6 Å². The van der Waals surface area contributed by atoms with Crippen molar-refractivity contribution in [3.8, 4) is 0 Å². The van der Waals surface area contributed by atoms with E-state index < -0.39 is 0 Å². The fourth-order valence-corrected chi connectivity index (χ4v) is 5.13. The molecule has 3 fully saturated rings. The fraction of sp³-hybridized carbons (Fsp3) is 0.500. The Hall–Kier alpha value is -2.17. The number of hydrogen-bond donors (Lipinski definition) is 1. The summed E-state index contributed by atoms with van der Waals surface area (Å²) in [6.45, 7) is 7.14. The second-order valence-electron chi connectivity index (χ2n) is 8.19. The molecule has 1 N–H and O–H groups in total. The molecule has 5 nitrogen and oxygen atoms in total. The van der Waals surface area contributed by atoms with Crippen molar-refractivity contribution in [1.82, 2.24) is 19.9 Å². The van der Waals surface area contributed by atoms with Crippen LogP contribution in [-0.2, 0) is 0 Å². The van der Waals surface area contributed by atoms with Gasteiger partial charge in [0, 0.05) is 30.7 Å². The van der Waals surface area contributed by atoms with E-state index in [-0.39, 0.29) is 5.54 Å². The molecule has 2 aromatic rings. The number of hydrogen-bond acceptors (Lipinski definition) is 5. The number of thioether (sulfide) groups is 1. The summed E-state index contributed by atoms with van der Waals surface area (Å²) >= 11 is 1.84. The van der Waals surface area contributed by atoms with Gasteiger partial charge in [0.25, 0.3) is 0 Å².